The van der Waals surface area contributed by atoms with Gasteiger partial charge in [0.05, 0.1) is 19.3 Å². The number of aromatic hydroxyl groups is 3. The van der Waals surface area contributed by atoms with Crippen LogP contribution < -0.4 is 14.9 Å². The van der Waals surface area contributed by atoms with Gasteiger partial charge < -0.3 is 99.2 Å². The van der Waals surface area contributed by atoms with Crippen LogP contribution in [0.25, 0.3) is 22.3 Å². The van der Waals surface area contributed by atoms with E-state index in [0.717, 1.165) is 6.07 Å². The highest BCUT2D eigenvalue weighted by Gasteiger charge is 2.49. The number of hydrogen-bond acceptors (Lipinski definition) is 21. The van der Waals surface area contributed by atoms with Crippen LogP contribution in [0.2, 0.25) is 0 Å². The lowest BCUT2D eigenvalue weighted by molar-refractivity contribution is -0.318. The fourth-order valence-corrected chi connectivity index (χ4v) is 6.20. The van der Waals surface area contributed by atoms with E-state index >= 15 is 0 Å². The smallest absolute Gasteiger partial charge is 0.239 e. The van der Waals surface area contributed by atoms with Crippen LogP contribution in [-0.4, -0.2) is 172 Å². The highest BCUT2D eigenvalue weighted by Crippen LogP contribution is 2.45. The predicted octanol–water partition coefficient (Wildman–Crippen LogP) is -4.21. The Labute approximate surface area is 303 Å². The fourth-order valence-electron chi connectivity index (χ4n) is 6.20. The van der Waals surface area contributed by atoms with Gasteiger partial charge in [-0.1, -0.05) is 0 Å². The molecule has 3 aromatic rings. The molecule has 3 aliphatic heterocycles. The molecule has 21 heteroatoms. The Morgan fingerprint density at radius 2 is 1.19 bits per heavy atom. The number of aliphatic hydroxyl groups is 10. The Balaban J connectivity index is 1.36. The molecule has 15 atom stereocenters. The molecule has 0 saturated carbocycles. The van der Waals surface area contributed by atoms with Gasteiger partial charge in [0.1, 0.15) is 83.9 Å². The molecule has 3 aliphatic rings. The van der Waals surface area contributed by atoms with E-state index < -0.39 is 150 Å². The SMILES string of the molecule is CC1OC(OCC2OC(Oc3c(-c4ccc(O)cc4)oc4cc(O)c(OC5OC(CO)C(O)C(O)C5O)c(O)c4c3=O)C(O)C(O)C2O)C(O)C(O)C1O. The maximum Gasteiger partial charge on any atom is 0.239 e. The Kier molecular flexibility index (Phi) is 11.5. The molecule has 21 nitrogen and oxygen atoms in total. The lowest BCUT2D eigenvalue weighted by atomic mass is 9.98. The van der Waals surface area contributed by atoms with E-state index in [0.29, 0.717) is 0 Å². The molecule has 298 valence electrons. The summed E-state index contributed by atoms with van der Waals surface area (Å²) in [6.45, 7) is -0.101. The number of aliphatic hydroxyl groups excluding tert-OH is 10. The van der Waals surface area contributed by atoms with Crippen molar-refractivity contribution in [1.29, 1.82) is 0 Å². The average molecular weight is 773 g/mol. The molecule has 3 fully saturated rings. The van der Waals surface area contributed by atoms with Crippen LogP contribution in [-0.2, 0) is 18.9 Å². The fraction of sp³-hybridized carbons (Fsp3) is 0.545. The number of hydrogen-bond donors (Lipinski definition) is 13. The van der Waals surface area contributed by atoms with Crippen molar-refractivity contribution >= 4 is 11.0 Å². The van der Waals surface area contributed by atoms with Crippen LogP contribution in [0, 0.1) is 0 Å². The quantitative estimate of drug-likeness (QED) is 0.0980. The van der Waals surface area contributed by atoms with Crippen molar-refractivity contribution in [2.45, 2.75) is 99.0 Å². The molecule has 15 unspecified atom stereocenters. The van der Waals surface area contributed by atoms with Crippen LogP contribution in [0.1, 0.15) is 6.92 Å². The van der Waals surface area contributed by atoms with Crippen LogP contribution >= 0.6 is 0 Å². The Morgan fingerprint density at radius 3 is 1.80 bits per heavy atom. The number of phenolic OH excluding ortho intramolecular Hbond substituents is 3. The zero-order valence-electron chi connectivity index (χ0n) is 28.0. The van der Waals surface area contributed by atoms with Gasteiger partial charge in [-0.15, -0.1) is 0 Å². The van der Waals surface area contributed by atoms with E-state index in [1.165, 1.54) is 31.2 Å². The van der Waals surface area contributed by atoms with E-state index in [1.807, 2.05) is 0 Å². The third-order valence-electron chi connectivity index (χ3n) is 9.40. The summed E-state index contributed by atoms with van der Waals surface area (Å²) in [7, 11) is 0. The van der Waals surface area contributed by atoms with Gasteiger partial charge in [-0.3, -0.25) is 4.79 Å². The summed E-state index contributed by atoms with van der Waals surface area (Å²) in [6, 6.07) is 5.85. The third-order valence-corrected chi connectivity index (χ3v) is 9.40. The van der Waals surface area contributed by atoms with Crippen molar-refractivity contribution in [2.24, 2.45) is 0 Å². The molecule has 0 bridgehead atoms. The minimum absolute atomic E-state index is 0.0616. The molecule has 2 aromatic carbocycles. The summed E-state index contributed by atoms with van der Waals surface area (Å²) in [6.07, 6.45) is -25.9. The maximum atomic E-state index is 14.2. The highest BCUT2D eigenvalue weighted by molar-refractivity contribution is 5.91. The van der Waals surface area contributed by atoms with Gasteiger partial charge in [-0.05, 0) is 31.2 Å². The predicted molar refractivity (Wildman–Crippen MR) is 173 cm³/mol. The Hall–Kier alpha value is -3.91. The molecule has 4 heterocycles. The summed E-state index contributed by atoms with van der Waals surface area (Å²) in [5.41, 5.74) is -1.63. The lowest BCUT2D eigenvalue weighted by Crippen LogP contribution is -2.61. The van der Waals surface area contributed by atoms with Gasteiger partial charge >= 0.3 is 0 Å². The summed E-state index contributed by atoms with van der Waals surface area (Å²) in [4.78, 5) is 14.2. The average Bonchev–Trinajstić information content (AvgIpc) is 3.14. The largest absolute Gasteiger partial charge is 0.508 e. The number of benzene rings is 2. The molecule has 0 radical (unpaired) electrons. The van der Waals surface area contributed by atoms with E-state index in [1.54, 1.807) is 0 Å². The lowest BCUT2D eigenvalue weighted by Gasteiger charge is -2.42. The van der Waals surface area contributed by atoms with Gasteiger partial charge in [0.25, 0.3) is 0 Å². The number of phenols is 3. The Bertz CT molecular complexity index is 1830. The van der Waals surface area contributed by atoms with E-state index in [2.05, 4.69) is 0 Å². The third kappa shape index (κ3) is 7.27. The van der Waals surface area contributed by atoms with Crippen molar-refractivity contribution < 1.29 is 99.2 Å². The first kappa shape index (κ1) is 39.8. The first-order valence-corrected chi connectivity index (χ1v) is 16.5. The van der Waals surface area contributed by atoms with Gasteiger partial charge in [0, 0.05) is 11.6 Å². The minimum atomic E-state index is -2.06. The van der Waals surface area contributed by atoms with Gasteiger partial charge in [-0.2, -0.15) is 0 Å². The zero-order valence-corrected chi connectivity index (χ0v) is 28.0. The summed E-state index contributed by atoms with van der Waals surface area (Å²) in [5.74, 6) is -4.27. The molecule has 54 heavy (non-hydrogen) atoms. The molecule has 3 saturated heterocycles. The van der Waals surface area contributed by atoms with E-state index in [4.69, 9.17) is 32.8 Å². The topological polar surface area (TPSA) is 349 Å². The van der Waals surface area contributed by atoms with Crippen molar-refractivity contribution in [3.05, 3.63) is 40.6 Å². The monoisotopic (exact) mass is 772 g/mol. The normalized spacial score (nSPS) is 37.3. The first-order chi connectivity index (χ1) is 25.5. The highest BCUT2D eigenvalue weighted by atomic mass is 16.7. The van der Waals surface area contributed by atoms with Crippen LogP contribution in [0.5, 0.6) is 28.7 Å². The minimum Gasteiger partial charge on any atom is -0.508 e. The van der Waals surface area contributed by atoms with Crippen LogP contribution in [0.15, 0.2) is 39.5 Å². The number of ether oxygens (including phenoxy) is 6. The standard InChI is InChI=1S/C33H40O21/c1-9-17(37)22(42)25(45)31(49-9)48-8-15-19(39)24(44)27(47)33(52-15)54-30-21(41)16-13(50-28(30)10-2-4-11(35)5-3-10)6-12(36)29(20(16)40)53-32-26(46)23(43)18(38)14(7-34)51-32/h2-6,9,14-15,17-19,22-27,31-40,42-47H,7-8H2,1H3. The van der Waals surface area contributed by atoms with Crippen molar-refractivity contribution in [3.8, 4) is 40.1 Å². The summed E-state index contributed by atoms with van der Waals surface area (Å²) >= 11 is 0. The zero-order chi connectivity index (χ0) is 39.3. The van der Waals surface area contributed by atoms with E-state index in [-0.39, 0.29) is 11.3 Å². The Morgan fingerprint density at radius 1 is 0.648 bits per heavy atom. The van der Waals surface area contributed by atoms with Crippen molar-refractivity contribution in [3.63, 3.8) is 0 Å². The molecular weight excluding hydrogens is 732 g/mol. The molecule has 0 spiro atoms. The van der Waals surface area contributed by atoms with E-state index in [9.17, 15) is 71.2 Å². The van der Waals surface area contributed by atoms with Crippen LogP contribution in [0.3, 0.4) is 0 Å². The molecular formula is C33H40O21. The van der Waals surface area contributed by atoms with Crippen LogP contribution in [0.4, 0.5) is 0 Å². The number of rotatable bonds is 9. The van der Waals surface area contributed by atoms with Crippen molar-refractivity contribution in [1.82, 2.24) is 0 Å². The molecule has 13 N–H and O–H groups in total. The maximum absolute atomic E-state index is 14.2. The molecule has 0 aliphatic carbocycles. The second-order valence-corrected chi connectivity index (χ2v) is 13.0. The molecule has 0 amide bonds. The summed E-state index contributed by atoms with van der Waals surface area (Å²) < 4.78 is 38.9. The van der Waals surface area contributed by atoms with Gasteiger partial charge in [0.15, 0.2) is 23.5 Å². The second-order valence-electron chi connectivity index (χ2n) is 13.0. The first-order valence-electron chi connectivity index (χ1n) is 16.5. The number of fused-ring (bicyclic) bond motifs is 1. The van der Waals surface area contributed by atoms with Gasteiger partial charge in [-0.25, -0.2) is 0 Å². The van der Waals surface area contributed by atoms with Gasteiger partial charge in [0.2, 0.25) is 29.5 Å². The summed E-state index contributed by atoms with van der Waals surface area (Å²) in [5, 5.41) is 134. The molecule has 6 rings (SSSR count). The molecule has 1 aromatic heterocycles. The van der Waals surface area contributed by atoms with Crippen molar-refractivity contribution in [2.75, 3.05) is 13.2 Å². The second kappa shape index (κ2) is 15.7.